The predicted molar refractivity (Wildman–Crippen MR) is 78.6 cm³/mol. The first kappa shape index (κ1) is 12.5. The predicted octanol–water partition coefficient (Wildman–Crippen LogP) is 3.02. The highest BCUT2D eigenvalue weighted by molar-refractivity contribution is 5.80. The molecule has 106 valence electrons. The lowest BCUT2D eigenvalue weighted by Gasteiger charge is -1.99. The summed E-state index contributed by atoms with van der Waals surface area (Å²) < 4.78 is 11.1. The van der Waals surface area contributed by atoms with Gasteiger partial charge in [0.1, 0.15) is 11.1 Å². The summed E-state index contributed by atoms with van der Waals surface area (Å²) in [7, 11) is 0. The number of fused-ring (bicyclic) bond motifs is 1. The highest BCUT2D eigenvalue weighted by Gasteiger charge is 2.14. The van der Waals surface area contributed by atoms with E-state index in [1.165, 1.54) is 0 Å². The Bertz CT molecular complexity index is 1010. The highest BCUT2D eigenvalue weighted by Crippen LogP contribution is 2.23. The van der Waals surface area contributed by atoms with Crippen molar-refractivity contribution >= 4 is 11.0 Å². The quantitative estimate of drug-likeness (QED) is 0.613. The number of nitrogens with one attached hydrogen (secondary N) is 1. The molecule has 0 atom stereocenters. The van der Waals surface area contributed by atoms with Crippen molar-refractivity contribution in [2.24, 2.45) is 0 Å². The molecule has 3 aromatic heterocycles. The molecule has 0 aliphatic heterocycles. The van der Waals surface area contributed by atoms with Crippen LogP contribution in [0.15, 0.2) is 63.7 Å². The van der Waals surface area contributed by atoms with Crippen molar-refractivity contribution < 1.29 is 8.83 Å². The maximum Gasteiger partial charge on any atom is 0.253 e. The molecule has 0 spiro atoms. The van der Waals surface area contributed by atoms with E-state index in [4.69, 9.17) is 14.2 Å². The molecule has 0 unspecified atom stereocenters. The Balaban J connectivity index is 1.84. The molecule has 3 heterocycles. The number of aromatic nitrogens is 3. The molecule has 6 heteroatoms. The molecule has 22 heavy (non-hydrogen) atoms. The van der Waals surface area contributed by atoms with Gasteiger partial charge in [-0.25, -0.2) is 0 Å². The lowest BCUT2D eigenvalue weighted by atomic mass is 10.2. The number of rotatable bonds is 2. The number of para-hydroxylation sites is 1. The standard InChI is InChI=1S/C16H10N4O2/c17-14-12(8-10-4-1-2-6-13(10)21-14)16-20-19-15(22-16)11-5-3-7-18-9-11/h1-9,17H. The van der Waals surface area contributed by atoms with E-state index in [2.05, 4.69) is 15.2 Å². The van der Waals surface area contributed by atoms with Crippen LogP contribution in [-0.2, 0) is 0 Å². The number of benzene rings is 1. The lowest BCUT2D eigenvalue weighted by Crippen LogP contribution is -2.03. The number of pyridine rings is 1. The summed E-state index contributed by atoms with van der Waals surface area (Å²) in [4.78, 5) is 4.02. The zero-order valence-electron chi connectivity index (χ0n) is 11.4. The molecule has 6 nitrogen and oxygen atoms in total. The summed E-state index contributed by atoms with van der Waals surface area (Å²) in [5.74, 6) is 0.606. The third-order valence-corrected chi connectivity index (χ3v) is 3.24. The first-order chi connectivity index (χ1) is 10.8. The van der Waals surface area contributed by atoms with Gasteiger partial charge in [0.25, 0.3) is 5.89 Å². The van der Waals surface area contributed by atoms with Gasteiger partial charge in [-0.1, -0.05) is 18.2 Å². The molecule has 4 rings (SSSR count). The number of hydrogen-bond acceptors (Lipinski definition) is 6. The Labute approximate surface area is 124 Å². The minimum atomic E-state index is -0.0138. The Morgan fingerprint density at radius 2 is 1.77 bits per heavy atom. The molecular weight excluding hydrogens is 280 g/mol. The second kappa shape index (κ2) is 4.92. The molecule has 0 fully saturated rings. The van der Waals surface area contributed by atoms with Crippen molar-refractivity contribution in [1.82, 2.24) is 15.2 Å². The summed E-state index contributed by atoms with van der Waals surface area (Å²) in [6.07, 6.45) is 3.31. The molecule has 4 aromatic rings. The van der Waals surface area contributed by atoms with Crippen molar-refractivity contribution in [2.45, 2.75) is 0 Å². The van der Waals surface area contributed by atoms with Crippen LogP contribution in [0.3, 0.4) is 0 Å². The molecule has 0 saturated carbocycles. The van der Waals surface area contributed by atoms with Gasteiger partial charge in [-0.2, -0.15) is 0 Å². The summed E-state index contributed by atoms with van der Waals surface area (Å²) >= 11 is 0. The summed E-state index contributed by atoms with van der Waals surface area (Å²) in [5.41, 5.74) is 1.81. The topological polar surface area (TPSA) is 88.8 Å². The van der Waals surface area contributed by atoms with Gasteiger partial charge in [-0.3, -0.25) is 10.4 Å². The van der Waals surface area contributed by atoms with Gasteiger partial charge in [0.05, 0.1) is 5.56 Å². The number of hydrogen-bond donors (Lipinski definition) is 1. The monoisotopic (exact) mass is 290 g/mol. The van der Waals surface area contributed by atoms with Crippen LogP contribution in [-0.4, -0.2) is 15.2 Å². The molecule has 0 radical (unpaired) electrons. The Kier molecular flexibility index (Phi) is 2.79. The molecular formula is C16H10N4O2. The van der Waals surface area contributed by atoms with Crippen molar-refractivity contribution in [3.05, 3.63) is 60.4 Å². The minimum Gasteiger partial charge on any atom is -0.438 e. The van der Waals surface area contributed by atoms with Crippen LogP contribution < -0.4 is 5.55 Å². The highest BCUT2D eigenvalue weighted by atomic mass is 16.4. The van der Waals surface area contributed by atoms with Gasteiger partial charge in [-0.05, 0) is 24.3 Å². The van der Waals surface area contributed by atoms with Crippen LogP contribution >= 0.6 is 0 Å². The smallest absolute Gasteiger partial charge is 0.253 e. The minimum absolute atomic E-state index is 0.0138. The maximum absolute atomic E-state index is 8.00. The SMILES string of the molecule is N=c1oc2ccccc2cc1-c1nnc(-c2cccnc2)o1. The van der Waals surface area contributed by atoms with Gasteiger partial charge in [-0.15, -0.1) is 10.2 Å². The summed E-state index contributed by atoms with van der Waals surface area (Å²) in [5, 5.41) is 16.9. The normalized spacial score (nSPS) is 10.9. The van der Waals surface area contributed by atoms with E-state index >= 15 is 0 Å². The van der Waals surface area contributed by atoms with Gasteiger partial charge in [0.2, 0.25) is 11.4 Å². The fraction of sp³-hybridized carbons (Fsp3) is 0. The van der Waals surface area contributed by atoms with E-state index in [0.29, 0.717) is 17.0 Å². The van der Waals surface area contributed by atoms with E-state index in [9.17, 15) is 0 Å². The maximum atomic E-state index is 8.00. The third-order valence-electron chi connectivity index (χ3n) is 3.24. The van der Waals surface area contributed by atoms with Crippen molar-refractivity contribution in [3.63, 3.8) is 0 Å². The Hall–Kier alpha value is -3.28. The number of nitrogens with zero attached hydrogens (tertiary/aromatic N) is 3. The van der Waals surface area contributed by atoms with Gasteiger partial charge >= 0.3 is 0 Å². The van der Waals surface area contributed by atoms with Crippen LogP contribution in [0.4, 0.5) is 0 Å². The summed E-state index contributed by atoms with van der Waals surface area (Å²) in [6, 6.07) is 12.9. The average molecular weight is 290 g/mol. The second-order valence-corrected chi connectivity index (χ2v) is 4.68. The van der Waals surface area contributed by atoms with Crippen LogP contribution in [0.1, 0.15) is 0 Å². The molecule has 0 aliphatic rings. The average Bonchev–Trinajstić information content (AvgIpc) is 3.05. The molecule has 0 bridgehead atoms. The zero-order valence-corrected chi connectivity index (χ0v) is 11.4. The third kappa shape index (κ3) is 2.07. The molecule has 0 saturated heterocycles. The molecule has 0 amide bonds. The first-order valence-electron chi connectivity index (χ1n) is 6.63. The van der Waals surface area contributed by atoms with Crippen LogP contribution in [0.2, 0.25) is 0 Å². The van der Waals surface area contributed by atoms with Gasteiger partial charge < -0.3 is 8.83 Å². The van der Waals surface area contributed by atoms with E-state index in [1.54, 1.807) is 18.5 Å². The Morgan fingerprint density at radius 3 is 2.64 bits per heavy atom. The van der Waals surface area contributed by atoms with Crippen LogP contribution in [0.5, 0.6) is 0 Å². The molecule has 0 aliphatic carbocycles. The van der Waals surface area contributed by atoms with E-state index in [-0.39, 0.29) is 11.4 Å². The van der Waals surface area contributed by atoms with Crippen molar-refractivity contribution in [1.29, 1.82) is 5.41 Å². The molecule has 1 N–H and O–H groups in total. The Morgan fingerprint density at radius 1 is 0.909 bits per heavy atom. The second-order valence-electron chi connectivity index (χ2n) is 4.68. The van der Waals surface area contributed by atoms with Crippen LogP contribution in [0, 0.1) is 5.41 Å². The lowest BCUT2D eigenvalue weighted by molar-refractivity contribution is 0.525. The van der Waals surface area contributed by atoms with E-state index in [0.717, 1.165) is 10.9 Å². The largest absolute Gasteiger partial charge is 0.438 e. The van der Waals surface area contributed by atoms with Crippen molar-refractivity contribution in [2.75, 3.05) is 0 Å². The summed E-state index contributed by atoms with van der Waals surface area (Å²) in [6.45, 7) is 0. The van der Waals surface area contributed by atoms with Crippen molar-refractivity contribution in [3.8, 4) is 22.9 Å². The molecule has 1 aromatic carbocycles. The van der Waals surface area contributed by atoms with Crippen LogP contribution in [0.25, 0.3) is 33.9 Å². The fourth-order valence-electron chi connectivity index (χ4n) is 2.18. The zero-order chi connectivity index (χ0) is 14.9. The van der Waals surface area contributed by atoms with E-state index in [1.807, 2.05) is 36.4 Å². The van der Waals surface area contributed by atoms with Gasteiger partial charge in [0.15, 0.2) is 0 Å². The van der Waals surface area contributed by atoms with Gasteiger partial charge in [0, 0.05) is 17.8 Å². The fourth-order valence-corrected chi connectivity index (χ4v) is 2.18. The first-order valence-corrected chi connectivity index (χ1v) is 6.63. The van der Waals surface area contributed by atoms with E-state index < -0.39 is 0 Å².